The Hall–Kier alpha value is -2.44. The summed E-state index contributed by atoms with van der Waals surface area (Å²) < 4.78 is 27.4. The van der Waals surface area contributed by atoms with Crippen LogP contribution in [0.1, 0.15) is 0 Å². The maximum Gasteiger partial charge on any atom is 0.229 e. The second-order valence-corrected chi connectivity index (χ2v) is 5.56. The molecule has 0 amide bonds. The molecule has 0 bridgehead atoms. The van der Waals surface area contributed by atoms with E-state index in [9.17, 15) is 8.78 Å². The van der Waals surface area contributed by atoms with Crippen molar-refractivity contribution in [2.24, 2.45) is 0 Å². The predicted molar refractivity (Wildman–Crippen MR) is 91.4 cm³/mol. The van der Waals surface area contributed by atoms with E-state index in [4.69, 9.17) is 23.2 Å². The zero-order chi connectivity index (χ0) is 17.1. The van der Waals surface area contributed by atoms with E-state index in [1.807, 2.05) is 0 Å². The molecule has 0 spiro atoms. The first kappa shape index (κ1) is 16.4. The van der Waals surface area contributed by atoms with E-state index >= 15 is 0 Å². The molecule has 122 valence electrons. The van der Waals surface area contributed by atoms with Gasteiger partial charge in [0.2, 0.25) is 5.95 Å². The molecule has 0 fully saturated rings. The molecule has 4 nitrogen and oxygen atoms in total. The smallest absolute Gasteiger partial charge is 0.229 e. The van der Waals surface area contributed by atoms with Crippen LogP contribution in [0, 0.1) is 11.6 Å². The molecule has 0 unspecified atom stereocenters. The van der Waals surface area contributed by atoms with Gasteiger partial charge in [-0.15, -0.1) is 0 Å². The Bertz CT molecular complexity index is 869. The van der Waals surface area contributed by atoms with Crippen molar-refractivity contribution in [2.45, 2.75) is 0 Å². The van der Waals surface area contributed by atoms with Gasteiger partial charge in [-0.1, -0.05) is 29.3 Å². The highest BCUT2D eigenvalue weighted by Crippen LogP contribution is 2.27. The fourth-order valence-electron chi connectivity index (χ4n) is 1.94. The number of hydrogen-bond acceptors (Lipinski definition) is 4. The first-order chi connectivity index (χ1) is 11.5. The van der Waals surface area contributed by atoms with Crippen LogP contribution in [-0.2, 0) is 0 Å². The molecule has 0 saturated heterocycles. The molecular weight excluding hydrogens is 357 g/mol. The van der Waals surface area contributed by atoms with Crippen molar-refractivity contribution >= 4 is 46.3 Å². The molecule has 3 rings (SSSR count). The van der Waals surface area contributed by atoms with Gasteiger partial charge in [0.1, 0.15) is 23.1 Å². The average molecular weight is 367 g/mol. The van der Waals surface area contributed by atoms with Crippen LogP contribution in [0.2, 0.25) is 10.0 Å². The lowest BCUT2D eigenvalue weighted by Crippen LogP contribution is -2.02. The lowest BCUT2D eigenvalue weighted by molar-refractivity contribution is 0.590. The van der Waals surface area contributed by atoms with Gasteiger partial charge in [-0.25, -0.2) is 13.8 Å². The summed E-state index contributed by atoms with van der Waals surface area (Å²) in [6.45, 7) is 0. The highest BCUT2D eigenvalue weighted by Gasteiger charge is 2.10. The lowest BCUT2D eigenvalue weighted by atomic mass is 10.3. The van der Waals surface area contributed by atoms with E-state index in [-0.39, 0.29) is 17.5 Å². The zero-order valence-corrected chi connectivity index (χ0v) is 13.5. The van der Waals surface area contributed by atoms with Gasteiger partial charge in [0.05, 0.1) is 10.0 Å². The number of anilines is 4. The molecule has 8 heteroatoms. The summed E-state index contributed by atoms with van der Waals surface area (Å²) >= 11 is 11.8. The standard InChI is InChI=1S/C16H10Cl2F2N4/c17-10-5-4-9(8-11(10)18)22-16-21-7-6-14(24-16)23-15-12(19)2-1-3-13(15)20/h1-8H,(H2,21,22,23,24). The third kappa shape index (κ3) is 3.72. The van der Waals surface area contributed by atoms with Crippen LogP contribution in [0.15, 0.2) is 48.7 Å². The summed E-state index contributed by atoms with van der Waals surface area (Å²) in [4.78, 5) is 8.20. The first-order valence-electron chi connectivity index (χ1n) is 6.79. The summed E-state index contributed by atoms with van der Waals surface area (Å²) in [5.74, 6) is -0.966. The summed E-state index contributed by atoms with van der Waals surface area (Å²) in [6.07, 6.45) is 1.45. The minimum Gasteiger partial charge on any atom is -0.335 e. The van der Waals surface area contributed by atoms with Gasteiger partial charge in [0.25, 0.3) is 0 Å². The van der Waals surface area contributed by atoms with Gasteiger partial charge in [0, 0.05) is 11.9 Å². The number of rotatable bonds is 4. The maximum absolute atomic E-state index is 13.7. The number of aromatic nitrogens is 2. The molecule has 0 aliphatic carbocycles. The molecule has 0 radical (unpaired) electrons. The Kier molecular flexibility index (Phi) is 4.78. The Labute approximate surface area is 146 Å². The number of halogens is 4. The second-order valence-electron chi connectivity index (χ2n) is 4.74. The van der Waals surface area contributed by atoms with Crippen molar-refractivity contribution in [3.8, 4) is 0 Å². The second kappa shape index (κ2) is 6.98. The molecule has 24 heavy (non-hydrogen) atoms. The summed E-state index contributed by atoms with van der Waals surface area (Å²) in [5.41, 5.74) is 0.343. The van der Waals surface area contributed by atoms with Crippen LogP contribution in [0.5, 0.6) is 0 Å². The molecule has 0 aliphatic rings. The number of nitrogens with zero attached hydrogens (tertiary/aromatic N) is 2. The Morgan fingerprint density at radius 3 is 2.33 bits per heavy atom. The predicted octanol–water partition coefficient (Wildman–Crippen LogP) is 5.55. The SMILES string of the molecule is Fc1cccc(F)c1Nc1ccnc(Nc2ccc(Cl)c(Cl)c2)n1. The van der Waals surface area contributed by atoms with Crippen molar-refractivity contribution in [1.29, 1.82) is 0 Å². The number of para-hydroxylation sites is 1. The molecule has 1 aromatic heterocycles. The quantitative estimate of drug-likeness (QED) is 0.635. The van der Waals surface area contributed by atoms with Gasteiger partial charge < -0.3 is 10.6 Å². The molecule has 0 atom stereocenters. The van der Waals surface area contributed by atoms with E-state index in [2.05, 4.69) is 20.6 Å². The zero-order valence-electron chi connectivity index (χ0n) is 12.0. The van der Waals surface area contributed by atoms with Crippen molar-refractivity contribution in [1.82, 2.24) is 9.97 Å². The summed E-state index contributed by atoms with van der Waals surface area (Å²) in [7, 11) is 0. The molecule has 2 N–H and O–H groups in total. The van der Waals surface area contributed by atoms with Crippen LogP contribution in [-0.4, -0.2) is 9.97 Å². The molecular formula is C16H10Cl2F2N4. The number of hydrogen-bond donors (Lipinski definition) is 2. The summed E-state index contributed by atoms with van der Waals surface area (Å²) in [5, 5.41) is 6.34. The van der Waals surface area contributed by atoms with Crippen molar-refractivity contribution in [3.63, 3.8) is 0 Å². The monoisotopic (exact) mass is 366 g/mol. The maximum atomic E-state index is 13.7. The van der Waals surface area contributed by atoms with Crippen LogP contribution in [0.25, 0.3) is 0 Å². The highest BCUT2D eigenvalue weighted by atomic mass is 35.5. The van der Waals surface area contributed by atoms with Gasteiger partial charge in [-0.05, 0) is 36.4 Å². The fourth-order valence-corrected chi connectivity index (χ4v) is 2.23. The van der Waals surface area contributed by atoms with E-state index in [0.29, 0.717) is 15.7 Å². The van der Waals surface area contributed by atoms with Gasteiger partial charge in [-0.3, -0.25) is 0 Å². The minimum atomic E-state index is -0.715. The number of benzene rings is 2. The highest BCUT2D eigenvalue weighted by molar-refractivity contribution is 6.42. The van der Waals surface area contributed by atoms with Crippen LogP contribution in [0.4, 0.5) is 31.9 Å². The fraction of sp³-hybridized carbons (Fsp3) is 0. The molecule has 1 heterocycles. The minimum absolute atomic E-state index is 0.232. The molecule has 0 aliphatic heterocycles. The third-order valence-corrected chi connectivity index (χ3v) is 3.79. The molecule has 2 aromatic carbocycles. The summed E-state index contributed by atoms with van der Waals surface area (Å²) in [6, 6.07) is 10.0. The topological polar surface area (TPSA) is 49.8 Å². The number of nitrogens with one attached hydrogen (secondary N) is 2. The Morgan fingerprint density at radius 2 is 1.62 bits per heavy atom. The Balaban J connectivity index is 1.82. The van der Waals surface area contributed by atoms with Crippen LogP contribution in [0.3, 0.4) is 0 Å². The Morgan fingerprint density at radius 1 is 0.875 bits per heavy atom. The van der Waals surface area contributed by atoms with Crippen LogP contribution < -0.4 is 10.6 Å². The largest absolute Gasteiger partial charge is 0.335 e. The van der Waals surface area contributed by atoms with Crippen molar-refractivity contribution in [3.05, 3.63) is 70.3 Å². The van der Waals surface area contributed by atoms with E-state index < -0.39 is 11.6 Å². The van der Waals surface area contributed by atoms with Crippen molar-refractivity contribution in [2.75, 3.05) is 10.6 Å². The molecule has 3 aromatic rings. The van der Waals surface area contributed by atoms with Gasteiger partial charge in [-0.2, -0.15) is 4.98 Å². The van der Waals surface area contributed by atoms with E-state index in [1.165, 1.54) is 18.3 Å². The van der Waals surface area contributed by atoms with E-state index in [0.717, 1.165) is 12.1 Å². The van der Waals surface area contributed by atoms with Crippen LogP contribution >= 0.6 is 23.2 Å². The van der Waals surface area contributed by atoms with Crippen molar-refractivity contribution < 1.29 is 8.78 Å². The normalized spacial score (nSPS) is 10.5. The molecule has 0 saturated carbocycles. The first-order valence-corrected chi connectivity index (χ1v) is 7.54. The van der Waals surface area contributed by atoms with Gasteiger partial charge >= 0.3 is 0 Å². The lowest BCUT2D eigenvalue weighted by Gasteiger charge is -2.10. The van der Waals surface area contributed by atoms with Gasteiger partial charge in [0.15, 0.2) is 0 Å². The average Bonchev–Trinajstić information content (AvgIpc) is 2.55. The van der Waals surface area contributed by atoms with E-state index in [1.54, 1.807) is 18.2 Å². The third-order valence-electron chi connectivity index (χ3n) is 3.05.